The summed E-state index contributed by atoms with van der Waals surface area (Å²) in [6.45, 7) is 1.97. The first kappa shape index (κ1) is 11.9. The van der Waals surface area contributed by atoms with Gasteiger partial charge in [-0.15, -0.1) is 11.3 Å². The van der Waals surface area contributed by atoms with Crippen molar-refractivity contribution >= 4 is 39.7 Å². The molecule has 0 aliphatic heterocycles. The molecule has 0 saturated carbocycles. The molecule has 2 heterocycles. The van der Waals surface area contributed by atoms with Gasteiger partial charge in [0.2, 0.25) is 0 Å². The van der Waals surface area contributed by atoms with E-state index in [1.807, 2.05) is 18.4 Å². The van der Waals surface area contributed by atoms with Gasteiger partial charge in [-0.25, -0.2) is 9.78 Å². The summed E-state index contributed by atoms with van der Waals surface area (Å²) in [6.07, 6.45) is 1.53. The van der Waals surface area contributed by atoms with E-state index in [1.165, 1.54) is 17.5 Å². The van der Waals surface area contributed by atoms with E-state index in [0.717, 1.165) is 10.6 Å². The lowest BCUT2D eigenvalue weighted by Gasteiger charge is -2.05. The number of pyridine rings is 1. The number of thiophene rings is 1. The average molecular weight is 268 g/mol. The normalized spacial score (nSPS) is 10.0. The molecule has 2 N–H and O–H groups in total. The number of hydrogen-bond acceptors (Lipinski definition) is 3. The molecule has 0 atom stereocenters. The van der Waals surface area contributed by atoms with Crippen LogP contribution >= 0.6 is 22.9 Å². The maximum Gasteiger partial charge on any atom is 0.324 e. The van der Waals surface area contributed by atoms with Crippen LogP contribution in [0.25, 0.3) is 0 Å². The molecular weight excluding hydrogens is 258 g/mol. The van der Waals surface area contributed by atoms with Gasteiger partial charge in [-0.3, -0.25) is 5.32 Å². The standard InChI is InChI=1S/C11H10ClN3OS/c1-7-4-10(17-6-7)15-11(16)14-8-2-3-13-9(12)5-8/h2-6H,1H3,(H2,13,14,15,16). The molecule has 0 aliphatic rings. The summed E-state index contributed by atoms with van der Waals surface area (Å²) in [4.78, 5) is 15.5. The van der Waals surface area contributed by atoms with Gasteiger partial charge in [0.25, 0.3) is 0 Å². The van der Waals surface area contributed by atoms with Crippen LogP contribution in [0.2, 0.25) is 5.15 Å². The number of aryl methyl sites for hydroxylation is 1. The zero-order valence-electron chi connectivity index (χ0n) is 9.03. The molecular formula is C11H10ClN3OS. The third-order valence-electron chi connectivity index (χ3n) is 1.95. The fourth-order valence-electron chi connectivity index (χ4n) is 1.25. The SMILES string of the molecule is Cc1csc(NC(=O)Nc2ccnc(Cl)c2)c1. The smallest absolute Gasteiger partial charge is 0.308 e. The Morgan fingerprint density at radius 2 is 2.24 bits per heavy atom. The minimum Gasteiger partial charge on any atom is -0.308 e. The summed E-state index contributed by atoms with van der Waals surface area (Å²) in [5.74, 6) is 0. The third kappa shape index (κ3) is 3.44. The second-order valence-corrected chi connectivity index (χ2v) is 4.73. The van der Waals surface area contributed by atoms with Crippen molar-refractivity contribution in [3.63, 3.8) is 0 Å². The predicted octanol–water partition coefficient (Wildman–Crippen LogP) is 3.75. The van der Waals surface area contributed by atoms with Gasteiger partial charge in [-0.2, -0.15) is 0 Å². The van der Waals surface area contributed by atoms with Crippen molar-refractivity contribution in [3.8, 4) is 0 Å². The molecule has 0 radical (unpaired) electrons. The molecule has 4 nitrogen and oxygen atoms in total. The second kappa shape index (κ2) is 5.16. The van der Waals surface area contributed by atoms with Crippen LogP contribution in [0.4, 0.5) is 15.5 Å². The third-order valence-corrected chi connectivity index (χ3v) is 3.12. The van der Waals surface area contributed by atoms with Crippen LogP contribution in [0, 0.1) is 6.92 Å². The van der Waals surface area contributed by atoms with E-state index in [1.54, 1.807) is 12.1 Å². The maximum atomic E-state index is 11.6. The highest BCUT2D eigenvalue weighted by atomic mass is 35.5. The quantitative estimate of drug-likeness (QED) is 0.814. The average Bonchev–Trinajstić information content (AvgIpc) is 2.63. The van der Waals surface area contributed by atoms with Crippen LogP contribution in [0.1, 0.15) is 5.56 Å². The molecule has 6 heteroatoms. The molecule has 0 aromatic carbocycles. The number of halogens is 1. The summed E-state index contributed by atoms with van der Waals surface area (Å²) in [5, 5.41) is 8.53. The van der Waals surface area contributed by atoms with Crippen molar-refractivity contribution in [1.82, 2.24) is 4.98 Å². The molecule has 2 aromatic heterocycles. The highest BCUT2D eigenvalue weighted by molar-refractivity contribution is 7.14. The summed E-state index contributed by atoms with van der Waals surface area (Å²) >= 11 is 7.19. The Labute approximate surface area is 108 Å². The largest absolute Gasteiger partial charge is 0.324 e. The minimum absolute atomic E-state index is 0.297. The van der Waals surface area contributed by atoms with Crippen molar-refractivity contribution in [3.05, 3.63) is 40.5 Å². The highest BCUT2D eigenvalue weighted by Gasteiger charge is 2.04. The number of nitrogens with one attached hydrogen (secondary N) is 2. The molecule has 2 rings (SSSR count). The summed E-state index contributed by atoms with van der Waals surface area (Å²) in [7, 11) is 0. The number of rotatable bonds is 2. The van der Waals surface area contributed by atoms with Crippen LogP contribution in [-0.4, -0.2) is 11.0 Å². The summed E-state index contributed by atoms with van der Waals surface area (Å²) < 4.78 is 0. The van der Waals surface area contributed by atoms with E-state index >= 15 is 0 Å². The van der Waals surface area contributed by atoms with Crippen LogP contribution < -0.4 is 10.6 Å². The minimum atomic E-state index is -0.297. The first-order valence-corrected chi connectivity index (χ1v) is 6.14. The number of hydrogen-bond donors (Lipinski definition) is 2. The second-order valence-electron chi connectivity index (χ2n) is 3.43. The van der Waals surface area contributed by atoms with Crippen LogP contribution in [0.3, 0.4) is 0 Å². The van der Waals surface area contributed by atoms with Gasteiger partial charge in [-0.05, 0) is 36.1 Å². The Balaban J connectivity index is 1.98. The van der Waals surface area contributed by atoms with Crippen LogP contribution in [-0.2, 0) is 0 Å². The number of carbonyl (C=O) groups excluding carboxylic acids is 1. The number of anilines is 2. The molecule has 17 heavy (non-hydrogen) atoms. The van der Waals surface area contributed by atoms with Crippen molar-refractivity contribution in [2.24, 2.45) is 0 Å². The molecule has 2 amide bonds. The van der Waals surface area contributed by atoms with Crippen molar-refractivity contribution in [1.29, 1.82) is 0 Å². The van der Waals surface area contributed by atoms with E-state index in [-0.39, 0.29) is 6.03 Å². The Morgan fingerprint density at radius 1 is 1.41 bits per heavy atom. The Morgan fingerprint density at radius 3 is 2.88 bits per heavy atom. The van der Waals surface area contributed by atoms with E-state index in [4.69, 9.17) is 11.6 Å². The number of aromatic nitrogens is 1. The van der Waals surface area contributed by atoms with Gasteiger partial charge < -0.3 is 5.32 Å². The van der Waals surface area contributed by atoms with E-state index in [9.17, 15) is 4.79 Å². The molecule has 0 unspecified atom stereocenters. The number of amides is 2. The van der Waals surface area contributed by atoms with Gasteiger partial charge in [0, 0.05) is 11.9 Å². The summed E-state index contributed by atoms with van der Waals surface area (Å²) in [6, 6.07) is 4.87. The lowest BCUT2D eigenvalue weighted by molar-refractivity contribution is 0.262. The number of nitrogens with zero attached hydrogens (tertiary/aromatic N) is 1. The predicted molar refractivity (Wildman–Crippen MR) is 70.9 cm³/mol. The lowest BCUT2D eigenvalue weighted by Crippen LogP contribution is -2.18. The Bertz CT molecular complexity index is 541. The highest BCUT2D eigenvalue weighted by Crippen LogP contribution is 2.20. The van der Waals surface area contributed by atoms with Gasteiger partial charge in [0.15, 0.2) is 0 Å². The first-order valence-electron chi connectivity index (χ1n) is 4.88. The molecule has 2 aromatic rings. The van der Waals surface area contributed by atoms with Crippen LogP contribution in [0.5, 0.6) is 0 Å². The number of urea groups is 1. The fourth-order valence-corrected chi connectivity index (χ4v) is 2.21. The van der Waals surface area contributed by atoms with Gasteiger partial charge in [0.1, 0.15) is 5.15 Å². The topological polar surface area (TPSA) is 54.0 Å². The zero-order chi connectivity index (χ0) is 12.3. The van der Waals surface area contributed by atoms with Crippen molar-refractivity contribution in [2.45, 2.75) is 6.92 Å². The molecule has 88 valence electrons. The zero-order valence-corrected chi connectivity index (χ0v) is 10.6. The summed E-state index contributed by atoms with van der Waals surface area (Å²) in [5.41, 5.74) is 1.73. The van der Waals surface area contributed by atoms with Crippen molar-refractivity contribution in [2.75, 3.05) is 10.6 Å². The Kier molecular flexibility index (Phi) is 3.61. The van der Waals surface area contributed by atoms with E-state index < -0.39 is 0 Å². The molecule has 0 aliphatic carbocycles. The Hall–Kier alpha value is -1.59. The molecule has 0 saturated heterocycles. The molecule has 0 fully saturated rings. The monoisotopic (exact) mass is 267 g/mol. The molecule has 0 bridgehead atoms. The van der Waals surface area contributed by atoms with E-state index in [2.05, 4.69) is 15.6 Å². The maximum absolute atomic E-state index is 11.6. The van der Waals surface area contributed by atoms with Gasteiger partial charge in [-0.1, -0.05) is 11.6 Å². The fraction of sp³-hybridized carbons (Fsp3) is 0.0909. The first-order chi connectivity index (χ1) is 8.13. The van der Waals surface area contributed by atoms with Gasteiger partial charge >= 0.3 is 6.03 Å². The van der Waals surface area contributed by atoms with Crippen LogP contribution in [0.15, 0.2) is 29.8 Å². The lowest BCUT2D eigenvalue weighted by atomic mass is 10.4. The number of carbonyl (C=O) groups is 1. The van der Waals surface area contributed by atoms with Crippen molar-refractivity contribution < 1.29 is 4.79 Å². The van der Waals surface area contributed by atoms with E-state index in [0.29, 0.717) is 10.8 Å². The van der Waals surface area contributed by atoms with Gasteiger partial charge in [0.05, 0.1) is 5.00 Å². The molecule has 0 spiro atoms.